The average Bonchev–Trinajstić information content (AvgIpc) is 3.33. The second-order valence-electron chi connectivity index (χ2n) is 7.56. The molecule has 4 aromatic rings. The molecule has 32 heavy (non-hydrogen) atoms. The maximum absolute atomic E-state index is 13.0. The van der Waals surface area contributed by atoms with Gasteiger partial charge in [0.25, 0.3) is 5.91 Å². The van der Waals surface area contributed by atoms with Crippen molar-refractivity contribution in [3.05, 3.63) is 82.5 Å². The largest absolute Gasteiger partial charge is 0.352 e. The molecule has 0 atom stereocenters. The Balaban J connectivity index is 1.18. The number of aromatic nitrogens is 2. The summed E-state index contributed by atoms with van der Waals surface area (Å²) in [5.41, 5.74) is 1.93. The predicted octanol–water partition coefficient (Wildman–Crippen LogP) is 5.60. The summed E-state index contributed by atoms with van der Waals surface area (Å²) in [5.74, 6) is 1.90. The van der Waals surface area contributed by atoms with E-state index in [0.717, 1.165) is 45.5 Å². The first kappa shape index (κ1) is 21.2. The number of carbonyl (C=O) groups excluding carboxylic acids is 1. The standard InChI is InChI=1S/C24H21ClN4OS2/c25-19-5-7-20(8-6-19)32-15-17-1-3-18(4-2-17)24(30)29-12-10-28(11-13-29)22-21-9-14-31-23(21)27-16-26-22/h1-9,14,16H,10-13,15H2. The zero-order valence-corrected chi connectivity index (χ0v) is 19.7. The number of rotatable bonds is 5. The fraction of sp³-hybridized carbons (Fsp3) is 0.208. The van der Waals surface area contributed by atoms with Crippen molar-refractivity contribution >= 4 is 56.6 Å². The van der Waals surface area contributed by atoms with Gasteiger partial charge in [-0.2, -0.15) is 0 Å². The quantitative estimate of drug-likeness (QED) is 0.348. The number of fused-ring (bicyclic) bond motifs is 1. The Morgan fingerprint density at radius 1 is 0.969 bits per heavy atom. The molecule has 5 rings (SSSR count). The summed E-state index contributed by atoms with van der Waals surface area (Å²) in [4.78, 5) is 28.2. The molecular weight excluding hydrogens is 460 g/mol. The minimum Gasteiger partial charge on any atom is -0.352 e. The van der Waals surface area contributed by atoms with Gasteiger partial charge in [-0.25, -0.2) is 9.97 Å². The summed E-state index contributed by atoms with van der Waals surface area (Å²) in [5, 5.41) is 3.87. The Hall–Kier alpha value is -2.61. The molecule has 0 N–H and O–H groups in total. The van der Waals surface area contributed by atoms with Crippen LogP contribution in [-0.2, 0) is 5.75 Å². The molecule has 1 aliphatic rings. The van der Waals surface area contributed by atoms with E-state index in [0.29, 0.717) is 13.1 Å². The molecule has 3 heterocycles. The number of piperazine rings is 1. The number of hydrogen-bond donors (Lipinski definition) is 0. The van der Waals surface area contributed by atoms with E-state index in [1.54, 1.807) is 29.4 Å². The van der Waals surface area contributed by atoms with Gasteiger partial charge < -0.3 is 9.80 Å². The molecule has 2 aromatic carbocycles. The molecule has 162 valence electrons. The van der Waals surface area contributed by atoms with E-state index >= 15 is 0 Å². The van der Waals surface area contributed by atoms with Crippen LogP contribution in [0.5, 0.6) is 0 Å². The van der Waals surface area contributed by atoms with E-state index in [4.69, 9.17) is 11.6 Å². The molecule has 1 fully saturated rings. The Bertz CT molecular complexity index is 1220. The number of carbonyl (C=O) groups is 1. The number of halogens is 1. The van der Waals surface area contributed by atoms with E-state index in [-0.39, 0.29) is 5.91 Å². The van der Waals surface area contributed by atoms with E-state index < -0.39 is 0 Å². The van der Waals surface area contributed by atoms with Gasteiger partial charge in [-0.15, -0.1) is 23.1 Å². The van der Waals surface area contributed by atoms with Gasteiger partial charge in [0.1, 0.15) is 17.0 Å². The second kappa shape index (κ2) is 9.48. The topological polar surface area (TPSA) is 49.3 Å². The highest BCUT2D eigenvalue weighted by molar-refractivity contribution is 7.98. The average molecular weight is 481 g/mol. The molecule has 0 aliphatic carbocycles. The molecule has 0 saturated carbocycles. The molecular formula is C24H21ClN4OS2. The number of anilines is 1. The van der Waals surface area contributed by atoms with Gasteiger partial charge in [-0.05, 0) is 53.4 Å². The Kier molecular flexibility index (Phi) is 6.30. The van der Waals surface area contributed by atoms with E-state index in [1.807, 2.05) is 58.8 Å². The third kappa shape index (κ3) is 4.60. The van der Waals surface area contributed by atoms with Gasteiger partial charge in [0.05, 0.1) is 5.39 Å². The summed E-state index contributed by atoms with van der Waals surface area (Å²) < 4.78 is 0. The van der Waals surface area contributed by atoms with Crippen LogP contribution in [0.15, 0.2) is 71.2 Å². The number of nitrogens with zero attached hydrogens (tertiary/aromatic N) is 4. The van der Waals surface area contributed by atoms with Crippen molar-refractivity contribution in [2.75, 3.05) is 31.1 Å². The highest BCUT2D eigenvalue weighted by Gasteiger charge is 2.24. The Labute approximate surface area is 200 Å². The molecule has 1 saturated heterocycles. The molecule has 0 unspecified atom stereocenters. The van der Waals surface area contributed by atoms with Gasteiger partial charge in [0, 0.05) is 47.4 Å². The smallest absolute Gasteiger partial charge is 0.253 e. The van der Waals surface area contributed by atoms with Gasteiger partial charge in [-0.3, -0.25) is 4.79 Å². The number of benzene rings is 2. The van der Waals surface area contributed by atoms with Crippen molar-refractivity contribution in [3.63, 3.8) is 0 Å². The minimum atomic E-state index is 0.0879. The molecule has 1 aliphatic heterocycles. The molecule has 0 bridgehead atoms. The van der Waals surface area contributed by atoms with Crippen LogP contribution in [0.25, 0.3) is 10.2 Å². The lowest BCUT2D eigenvalue weighted by atomic mass is 10.1. The van der Waals surface area contributed by atoms with E-state index in [2.05, 4.69) is 20.9 Å². The molecule has 1 amide bonds. The lowest BCUT2D eigenvalue weighted by molar-refractivity contribution is 0.0746. The fourth-order valence-corrected chi connectivity index (χ4v) is 5.48. The lowest BCUT2D eigenvalue weighted by Gasteiger charge is -2.35. The van der Waals surface area contributed by atoms with Crippen LogP contribution in [-0.4, -0.2) is 47.0 Å². The lowest BCUT2D eigenvalue weighted by Crippen LogP contribution is -2.49. The number of thioether (sulfide) groups is 1. The van der Waals surface area contributed by atoms with Crippen LogP contribution in [0.4, 0.5) is 5.82 Å². The van der Waals surface area contributed by atoms with Crippen molar-refractivity contribution < 1.29 is 4.79 Å². The van der Waals surface area contributed by atoms with Crippen molar-refractivity contribution in [1.29, 1.82) is 0 Å². The third-order valence-corrected chi connectivity index (χ3v) is 7.68. The third-order valence-electron chi connectivity index (χ3n) is 5.53. The SMILES string of the molecule is O=C(c1ccc(CSc2ccc(Cl)cc2)cc1)N1CCN(c2ncnc3sccc23)CC1. The van der Waals surface area contributed by atoms with Gasteiger partial charge in [0.15, 0.2) is 0 Å². The highest BCUT2D eigenvalue weighted by atomic mass is 35.5. The molecule has 8 heteroatoms. The monoisotopic (exact) mass is 480 g/mol. The van der Waals surface area contributed by atoms with Crippen molar-refractivity contribution in [2.24, 2.45) is 0 Å². The number of hydrogen-bond acceptors (Lipinski definition) is 6. The van der Waals surface area contributed by atoms with Crippen molar-refractivity contribution in [2.45, 2.75) is 10.6 Å². The van der Waals surface area contributed by atoms with Crippen LogP contribution in [0.2, 0.25) is 5.02 Å². The summed E-state index contributed by atoms with van der Waals surface area (Å²) in [6.45, 7) is 2.90. The van der Waals surface area contributed by atoms with E-state index in [1.165, 1.54) is 10.5 Å². The van der Waals surface area contributed by atoms with Crippen molar-refractivity contribution in [3.8, 4) is 0 Å². The maximum Gasteiger partial charge on any atom is 0.253 e. The summed E-state index contributed by atoms with van der Waals surface area (Å²) >= 11 is 9.32. The predicted molar refractivity (Wildman–Crippen MR) is 133 cm³/mol. The highest BCUT2D eigenvalue weighted by Crippen LogP contribution is 2.28. The summed E-state index contributed by atoms with van der Waals surface area (Å²) in [7, 11) is 0. The van der Waals surface area contributed by atoms with Crippen LogP contribution in [0, 0.1) is 0 Å². The van der Waals surface area contributed by atoms with Crippen molar-refractivity contribution in [1.82, 2.24) is 14.9 Å². The maximum atomic E-state index is 13.0. The second-order valence-corrected chi connectivity index (χ2v) is 9.94. The van der Waals surface area contributed by atoms with E-state index in [9.17, 15) is 4.79 Å². The van der Waals surface area contributed by atoms with Crippen LogP contribution in [0.1, 0.15) is 15.9 Å². The van der Waals surface area contributed by atoms with Gasteiger partial charge in [-0.1, -0.05) is 23.7 Å². The van der Waals surface area contributed by atoms with Crippen LogP contribution in [0.3, 0.4) is 0 Å². The fourth-order valence-electron chi connectivity index (χ4n) is 3.77. The number of thiophene rings is 1. The molecule has 5 nitrogen and oxygen atoms in total. The first-order valence-corrected chi connectivity index (χ1v) is 12.6. The minimum absolute atomic E-state index is 0.0879. The summed E-state index contributed by atoms with van der Waals surface area (Å²) in [6, 6.07) is 17.9. The molecule has 0 radical (unpaired) electrons. The summed E-state index contributed by atoms with van der Waals surface area (Å²) in [6.07, 6.45) is 1.62. The molecule has 0 spiro atoms. The molecule has 2 aromatic heterocycles. The number of amides is 1. The zero-order chi connectivity index (χ0) is 21.9. The van der Waals surface area contributed by atoms with Gasteiger partial charge in [0.2, 0.25) is 0 Å². The normalized spacial score (nSPS) is 14.2. The van der Waals surface area contributed by atoms with Crippen LogP contribution >= 0.6 is 34.7 Å². The van der Waals surface area contributed by atoms with Crippen LogP contribution < -0.4 is 4.90 Å². The zero-order valence-electron chi connectivity index (χ0n) is 17.3. The Morgan fingerprint density at radius 2 is 1.72 bits per heavy atom. The first-order chi connectivity index (χ1) is 15.7. The van der Waals surface area contributed by atoms with Gasteiger partial charge >= 0.3 is 0 Å². The first-order valence-electron chi connectivity index (χ1n) is 10.4. The Morgan fingerprint density at radius 3 is 2.47 bits per heavy atom.